The lowest BCUT2D eigenvalue weighted by Crippen LogP contribution is -2.57. The second kappa shape index (κ2) is 4.48. The zero-order valence-corrected chi connectivity index (χ0v) is 10.9. The number of amides is 3. The number of carbonyl (C=O) groups excluding carboxylic acids is 2. The van der Waals surface area contributed by atoms with Crippen LogP contribution in [-0.2, 0) is 11.3 Å². The number of urea groups is 1. The van der Waals surface area contributed by atoms with Gasteiger partial charge in [-0.1, -0.05) is 20.8 Å². The molecule has 0 saturated carbocycles. The minimum absolute atomic E-state index is 0.120. The van der Waals surface area contributed by atoms with Crippen LogP contribution in [0.4, 0.5) is 4.79 Å². The van der Waals surface area contributed by atoms with Gasteiger partial charge in [-0.2, -0.15) is 0 Å². The molecule has 2 rings (SSSR count). The summed E-state index contributed by atoms with van der Waals surface area (Å²) < 4.78 is 5.15. The summed E-state index contributed by atoms with van der Waals surface area (Å²) in [4.78, 5) is 25.1. The van der Waals surface area contributed by atoms with Gasteiger partial charge in [0, 0.05) is 12.5 Å². The van der Waals surface area contributed by atoms with Crippen molar-refractivity contribution in [3.8, 4) is 0 Å². The molecule has 18 heavy (non-hydrogen) atoms. The summed E-state index contributed by atoms with van der Waals surface area (Å²) in [7, 11) is 0. The molecule has 0 radical (unpaired) electrons. The van der Waals surface area contributed by atoms with Crippen molar-refractivity contribution in [1.29, 1.82) is 0 Å². The third-order valence-electron chi connectivity index (χ3n) is 3.16. The molecule has 1 saturated heterocycles. The maximum absolute atomic E-state index is 12.0. The van der Waals surface area contributed by atoms with Crippen LogP contribution in [0.2, 0.25) is 0 Å². The fraction of sp³-hybridized carbons (Fsp3) is 0.538. The number of nitrogens with zero attached hydrogens (tertiary/aromatic N) is 1. The van der Waals surface area contributed by atoms with Gasteiger partial charge in [0.1, 0.15) is 5.76 Å². The number of nitrogens with one attached hydrogen (secondary N) is 1. The van der Waals surface area contributed by atoms with Crippen LogP contribution < -0.4 is 5.32 Å². The standard InChI is InChI=1S/C13H18N2O3/c1-13(2,3)10-7-11(16)15(12(17)14-10)8-9-5-4-6-18-9/h4-6,10H,7-8H2,1-3H3,(H,14,17)/t10-/m0/s1. The minimum Gasteiger partial charge on any atom is -0.467 e. The summed E-state index contributed by atoms with van der Waals surface area (Å²) in [5.41, 5.74) is -0.123. The van der Waals surface area contributed by atoms with Crippen molar-refractivity contribution in [3.63, 3.8) is 0 Å². The van der Waals surface area contributed by atoms with Gasteiger partial charge in [0.2, 0.25) is 5.91 Å². The molecular formula is C13H18N2O3. The molecule has 1 aliphatic rings. The summed E-state index contributed by atoms with van der Waals surface area (Å²) in [5.74, 6) is 0.447. The molecule has 3 amide bonds. The Morgan fingerprint density at radius 1 is 1.44 bits per heavy atom. The molecule has 1 N–H and O–H groups in total. The lowest BCUT2D eigenvalue weighted by molar-refractivity contribution is -0.131. The zero-order chi connectivity index (χ0) is 13.3. The number of carbonyl (C=O) groups is 2. The molecule has 1 aromatic rings. The van der Waals surface area contributed by atoms with Gasteiger partial charge in [-0.25, -0.2) is 4.79 Å². The van der Waals surface area contributed by atoms with Gasteiger partial charge < -0.3 is 9.73 Å². The van der Waals surface area contributed by atoms with E-state index in [-0.39, 0.29) is 29.9 Å². The second-order valence-corrected chi connectivity index (χ2v) is 5.63. The lowest BCUT2D eigenvalue weighted by atomic mass is 9.83. The van der Waals surface area contributed by atoms with E-state index in [9.17, 15) is 9.59 Å². The smallest absolute Gasteiger partial charge is 0.324 e. The summed E-state index contributed by atoms with van der Waals surface area (Å²) >= 11 is 0. The van der Waals surface area contributed by atoms with Crippen molar-refractivity contribution in [3.05, 3.63) is 24.2 Å². The fourth-order valence-corrected chi connectivity index (χ4v) is 1.92. The van der Waals surface area contributed by atoms with Crippen molar-refractivity contribution in [2.75, 3.05) is 0 Å². The van der Waals surface area contributed by atoms with Crippen LogP contribution in [0.1, 0.15) is 33.0 Å². The van der Waals surface area contributed by atoms with E-state index in [2.05, 4.69) is 5.32 Å². The highest BCUT2D eigenvalue weighted by atomic mass is 16.3. The topological polar surface area (TPSA) is 62.6 Å². The molecule has 0 aromatic carbocycles. The predicted octanol–water partition coefficient (Wildman–Crippen LogP) is 2.14. The first-order valence-electron chi connectivity index (χ1n) is 6.01. The van der Waals surface area contributed by atoms with Crippen LogP contribution in [0.5, 0.6) is 0 Å². The largest absolute Gasteiger partial charge is 0.467 e. The number of imide groups is 1. The molecule has 0 aliphatic carbocycles. The van der Waals surface area contributed by atoms with E-state index in [0.717, 1.165) is 0 Å². The van der Waals surface area contributed by atoms with E-state index in [4.69, 9.17) is 4.42 Å². The van der Waals surface area contributed by atoms with E-state index < -0.39 is 0 Å². The van der Waals surface area contributed by atoms with Crippen molar-refractivity contribution in [1.82, 2.24) is 10.2 Å². The molecule has 1 fully saturated rings. The van der Waals surface area contributed by atoms with Crippen molar-refractivity contribution in [2.45, 2.75) is 39.8 Å². The predicted molar refractivity (Wildman–Crippen MR) is 65.6 cm³/mol. The molecule has 0 bridgehead atoms. The average molecular weight is 250 g/mol. The van der Waals surface area contributed by atoms with Crippen LogP contribution >= 0.6 is 0 Å². The van der Waals surface area contributed by atoms with Gasteiger partial charge >= 0.3 is 6.03 Å². The fourth-order valence-electron chi connectivity index (χ4n) is 1.92. The number of hydrogen-bond acceptors (Lipinski definition) is 3. The highest BCUT2D eigenvalue weighted by molar-refractivity contribution is 5.97. The van der Waals surface area contributed by atoms with Gasteiger partial charge in [0.15, 0.2) is 0 Å². The van der Waals surface area contributed by atoms with Crippen LogP contribution in [0, 0.1) is 5.41 Å². The highest BCUT2D eigenvalue weighted by Crippen LogP contribution is 2.25. The van der Waals surface area contributed by atoms with Crippen LogP contribution in [0.15, 0.2) is 22.8 Å². The maximum atomic E-state index is 12.0. The molecule has 1 atom stereocenters. The van der Waals surface area contributed by atoms with Gasteiger partial charge in [-0.05, 0) is 17.5 Å². The van der Waals surface area contributed by atoms with Gasteiger partial charge in [0.25, 0.3) is 0 Å². The second-order valence-electron chi connectivity index (χ2n) is 5.63. The first-order chi connectivity index (χ1) is 8.38. The third kappa shape index (κ3) is 2.55. The lowest BCUT2D eigenvalue weighted by Gasteiger charge is -2.37. The van der Waals surface area contributed by atoms with Crippen LogP contribution in [-0.4, -0.2) is 22.9 Å². The molecule has 1 aromatic heterocycles. The molecule has 5 nitrogen and oxygen atoms in total. The molecular weight excluding hydrogens is 232 g/mol. The van der Waals surface area contributed by atoms with Gasteiger partial charge in [-0.15, -0.1) is 0 Å². The molecule has 98 valence electrons. The van der Waals surface area contributed by atoms with Crippen molar-refractivity contribution < 1.29 is 14.0 Å². The van der Waals surface area contributed by atoms with E-state index >= 15 is 0 Å². The Labute approximate surface area is 106 Å². The summed E-state index contributed by atoms with van der Waals surface area (Å²) in [6.45, 7) is 6.21. The van der Waals surface area contributed by atoms with Crippen LogP contribution in [0.3, 0.4) is 0 Å². The Morgan fingerprint density at radius 2 is 2.17 bits per heavy atom. The summed E-state index contributed by atoms with van der Waals surface area (Å²) in [6, 6.07) is 3.02. The van der Waals surface area contributed by atoms with Crippen LogP contribution in [0.25, 0.3) is 0 Å². The first-order valence-corrected chi connectivity index (χ1v) is 6.01. The minimum atomic E-state index is -0.345. The molecule has 0 spiro atoms. The SMILES string of the molecule is CC(C)(C)[C@@H]1CC(=O)N(Cc2ccco2)C(=O)N1. The monoisotopic (exact) mass is 250 g/mol. The number of rotatable bonds is 2. The number of furan rings is 1. The first kappa shape index (κ1) is 12.7. The molecule has 1 aliphatic heterocycles. The summed E-state index contributed by atoms with van der Waals surface area (Å²) in [5, 5.41) is 2.87. The highest BCUT2D eigenvalue weighted by Gasteiger charge is 2.37. The molecule has 0 unspecified atom stereocenters. The van der Waals surface area contributed by atoms with E-state index in [1.807, 2.05) is 20.8 Å². The van der Waals surface area contributed by atoms with Gasteiger partial charge in [0.05, 0.1) is 12.8 Å². The van der Waals surface area contributed by atoms with Crippen molar-refractivity contribution >= 4 is 11.9 Å². The Morgan fingerprint density at radius 3 is 2.67 bits per heavy atom. The normalized spacial score (nSPS) is 21.1. The molecule has 2 heterocycles. The van der Waals surface area contributed by atoms with E-state index in [1.54, 1.807) is 12.1 Å². The quantitative estimate of drug-likeness (QED) is 0.874. The van der Waals surface area contributed by atoms with Crippen molar-refractivity contribution in [2.24, 2.45) is 5.41 Å². The van der Waals surface area contributed by atoms with Gasteiger partial charge in [-0.3, -0.25) is 9.69 Å². The Balaban J connectivity index is 2.08. The molecule has 5 heteroatoms. The average Bonchev–Trinajstić information content (AvgIpc) is 2.74. The third-order valence-corrected chi connectivity index (χ3v) is 3.16. The maximum Gasteiger partial charge on any atom is 0.324 e. The van der Waals surface area contributed by atoms with E-state index in [1.165, 1.54) is 11.2 Å². The Bertz CT molecular complexity index is 427. The summed E-state index contributed by atoms with van der Waals surface area (Å²) in [6.07, 6.45) is 1.86. The Kier molecular flexibility index (Phi) is 3.15. The van der Waals surface area contributed by atoms with E-state index in [0.29, 0.717) is 12.2 Å². The Hall–Kier alpha value is -1.78. The zero-order valence-electron chi connectivity index (χ0n) is 10.9. The number of hydrogen-bond donors (Lipinski definition) is 1.